The molecule has 5 nitrogen and oxygen atoms in total. The molecule has 0 bridgehead atoms. The van der Waals surface area contributed by atoms with E-state index >= 15 is 0 Å². The molecular weight excluding hydrogens is 412 g/mol. The van der Waals surface area contributed by atoms with E-state index in [1.165, 1.54) is 0 Å². The number of carbonyl (C=O) groups is 1. The molecule has 3 aromatic carbocycles. The van der Waals surface area contributed by atoms with Crippen LogP contribution in [0.15, 0.2) is 66.7 Å². The number of rotatable bonds is 5. The van der Waals surface area contributed by atoms with E-state index in [-0.39, 0.29) is 17.9 Å². The predicted octanol–water partition coefficient (Wildman–Crippen LogP) is 5.16. The third-order valence-electron chi connectivity index (χ3n) is 7.54. The number of anilines is 1. The number of nitrogens with zero attached hydrogens (tertiary/aromatic N) is 1. The average Bonchev–Trinajstić information content (AvgIpc) is 2.84. The number of ether oxygens (including phenoxy) is 1. The molecule has 5 rings (SSSR count). The summed E-state index contributed by atoms with van der Waals surface area (Å²) in [6.45, 7) is 0.999. The van der Waals surface area contributed by atoms with Gasteiger partial charge in [-0.3, -0.25) is 9.69 Å². The van der Waals surface area contributed by atoms with Crippen LogP contribution in [0.5, 0.6) is 5.75 Å². The van der Waals surface area contributed by atoms with Crippen molar-refractivity contribution in [3.8, 4) is 5.75 Å². The highest BCUT2D eigenvalue weighted by molar-refractivity contribution is 6.02. The van der Waals surface area contributed by atoms with Crippen LogP contribution < -0.4 is 10.1 Å². The molecular formula is C28H32N2O3. The van der Waals surface area contributed by atoms with E-state index < -0.39 is 5.60 Å². The minimum atomic E-state index is -0.647. The van der Waals surface area contributed by atoms with E-state index in [1.54, 1.807) is 7.11 Å². The minimum Gasteiger partial charge on any atom is -0.497 e. The summed E-state index contributed by atoms with van der Waals surface area (Å²) in [6, 6.07) is 22.2. The summed E-state index contributed by atoms with van der Waals surface area (Å²) in [5.74, 6) is 0.915. The lowest BCUT2D eigenvalue weighted by molar-refractivity contribution is -0.135. The first-order valence-electron chi connectivity index (χ1n) is 12.0. The summed E-state index contributed by atoms with van der Waals surface area (Å²) in [6.07, 6.45) is 4.74. The smallest absolute Gasteiger partial charge is 0.238 e. The van der Waals surface area contributed by atoms with Crippen LogP contribution in [-0.4, -0.2) is 41.7 Å². The highest BCUT2D eigenvalue weighted by Gasteiger charge is 2.49. The SMILES string of the molecule is COc1ccc(C2C3CCCCC3(O)CCN2CC(=O)Nc2cccc3ccccc23)cc1. The van der Waals surface area contributed by atoms with Gasteiger partial charge in [0.2, 0.25) is 5.91 Å². The quantitative estimate of drug-likeness (QED) is 0.571. The van der Waals surface area contributed by atoms with E-state index in [0.29, 0.717) is 19.5 Å². The molecule has 1 aliphatic carbocycles. The van der Waals surface area contributed by atoms with Crippen LogP contribution in [0, 0.1) is 5.92 Å². The fourth-order valence-electron chi connectivity index (χ4n) is 5.87. The molecule has 1 saturated heterocycles. The van der Waals surface area contributed by atoms with Crippen LogP contribution in [0.25, 0.3) is 10.8 Å². The van der Waals surface area contributed by atoms with Crippen LogP contribution in [0.4, 0.5) is 5.69 Å². The molecule has 1 saturated carbocycles. The Morgan fingerprint density at radius 3 is 2.67 bits per heavy atom. The monoisotopic (exact) mass is 444 g/mol. The van der Waals surface area contributed by atoms with Gasteiger partial charge in [-0.1, -0.05) is 61.4 Å². The average molecular weight is 445 g/mol. The highest BCUT2D eigenvalue weighted by atomic mass is 16.5. The Morgan fingerprint density at radius 2 is 1.85 bits per heavy atom. The van der Waals surface area contributed by atoms with Gasteiger partial charge in [0, 0.05) is 29.6 Å². The lowest BCUT2D eigenvalue weighted by Crippen LogP contribution is -2.56. The summed E-state index contributed by atoms with van der Waals surface area (Å²) in [4.78, 5) is 15.5. The summed E-state index contributed by atoms with van der Waals surface area (Å²) in [5, 5.41) is 16.8. The number of aliphatic hydroxyl groups is 1. The molecule has 2 aliphatic rings. The van der Waals surface area contributed by atoms with E-state index in [2.05, 4.69) is 34.5 Å². The van der Waals surface area contributed by atoms with E-state index in [1.807, 2.05) is 42.5 Å². The topological polar surface area (TPSA) is 61.8 Å². The lowest BCUT2D eigenvalue weighted by Gasteiger charge is -2.52. The molecule has 1 heterocycles. The van der Waals surface area contributed by atoms with Gasteiger partial charge in [0.05, 0.1) is 19.3 Å². The van der Waals surface area contributed by atoms with Crippen LogP contribution in [0.2, 0.25) is 0 Å². The van der Waals surface area contributed by atoms with Gasteiger partial charge in [-0.15, -0.1) is 0 Å². The number of hydrogen-bond acceptors (Lipinski definition) is 4. The van der Waals surface area contributed by atoms with E-state index in [9.17, 15) is 9.90 Å². The number of amides is 1. The number of fused-ring (bicyclic) bond motifs is 2. The number of nitrogens with one attached hydrogen (secondary N) is 1. The Kier molecular flexibility index (Phi) is 6.09. The maximum Gasteiger partial charge on any atom is 0.238 e. The van der Waals surface area contributed by atoms with E-state index in [0.717, 1.165) is 53.5 Å². The first-order valence-corrected chi connectivity index (χ1v) is 12.0. The van der Waals surface area contributed by atoms with Gasteiger partial charge >= 0.3 is 0 Å². The van der Waals surface area contributed by atoms with Gasteiger partial charge in [-0.05, 0) is 48.4 Å². The van der Waals surface area contributed by atoms with Crippen molar-refractivity contribution < 1.29 is 14.6 Å². The molecule has 5 heteroatoms. The van der Waals surface area contributed by atoms with Crippen LogP contribution in [0.1, 0.15) is 43.7 Å². The van der Waals surface area contributed by atoms with Crippen molar-refractivity contribution in [1.29, 1.82) is 0 Å². The highest BCUT2D eigenvalue weighted by Crippen LogP contribution is 2.49. The van der Waals surface area contributed by atoms with Gasteiger partial charge in [-0.25, -0.2) is 0 Å². The normalized spacial score (nSPS) is 25.4. The largest absolute Gasteiger partial charge is 0.497 e. The standard InChI is InChI=1S/C28H32N2O3/c1-33-22-14-12-21(13-15-22)27-24-10-4-5-16-28(24,32)17-18-30(27)19-26(31)29-25-11-6-8-20-7-2-3-9-23(20)25/h2-3,6-9,11-15,24,27,32H,4-5,10,16-19H2,1H3,(H,29,31). The van der Waals surface area contributed by atoms with Gasteiger partial charge in [0.15, 0.2) is 0 Å². The molecule has 2 N–H and O–H groups in total. The molecule has 0 radical (unpaired) electrons. The fraction of sp³-hybridized carbons (Fsp3) is 0.393. The van der Waals surface area contributed by atoms with Gasteiger partial charge in [0.1, 0.15) is 5.75 Å². The molecule has 0 aromatic heterocycles. The summed E-state index contributed by atoms with van der Waals surface area (Å²) in [7, 11) is 1.67. The number of benzene rings is 3. The fourth-order valence-corrected chi connectivity index (χ4v) is 5.87. The zero-order valence-electron chi connectivity index (χ0n) is 19.2. The van der Waals surface area contributed by atoms with Crippen molar-refractivity contribution in [3.63, 3.8) is 0 Å². The zero-order valence-corrected chi connectivity index (χ0v) is 19.2. The number of likely N-dealkylation sites (tertiary alicyclic amines) is 1. The van der Waals surface area contributed by atoms with E-state index in [4.69, 9.17) is 4.74 Å². The summed E-state index contributed by atoms with van der Waals surface area (Å²) < 4.78 is 5.35. The van der Waals surface area contributed by atoms with Crippen molar-refractivity contribution in [3.05, 3.63) is 72.3 Å². The third kappa shape index (κ3) is 4.35. The zero-order chi connectivity index (χ0) is 22.8. The van der Waals surface area contributed by atoms with Crippen molar-refractivity contribution in [2.24, 2.45) is 5.92 Å². The second-order valence-corrected chi connectivity index (χ2v) is 9.47. The first kappa shape index (κ1) is 21.9. The molecule has 2 fully saturated rings. The Morgan fingerprint density at radius 1 is 1.06 bits per heavy atom. The molecule has 33 heavy (non-hydrogen) atoms. The van der Waals surface area contributed by atoms with Gasteiger partial charge in [0.25, 0.3) is 0 Å². The lowest BCUT2D eigenvalue weighted by atomic mass is 9.66. The Balaban J connectivity index is 1.40. The predicted molar refractivity (Wildman–Crippen MR) is 131 cm³/mol. The molecule has 0 spiro atoms. The Hall–Kier alpha value is -2.89. The molecule has 3 atom stereocenters. The van der Waals surface area contributed by atoms with Gasteiger partial charge in [-0.2, -0.15) is 0 Å². The van der Waals surface area contributed by atoms with Gasteiger partial charge < -0.3 is 15.2 Å². The number of methoxy groups -OCH3 is 1. The third-order valence-corrected chi connectivity index (χ3v) is 7.54. The maximum absolute atomic E-state index is 13.2. The molecule has 3 aromatic rings. The molecule has 172 valence electrons. The maximum atomic E-state index is 13.2. The second kappa shape index (κ2) is 9.16. The van der Waals surface area contributed by atoms with Crippen molar-refractivity contribution in [2.45, 2.75) is 43.7 Å². The van der Waals surface area contributed by atoms with Crippen LogP contribution in [-0.2, 0) is 4.79 Å². The molecule has 1 amide bonds. The van der Waals surface area contributed by atoms with Crippen LogP contribution in [0.3, 0.4) is 0 Å². The number of hydrogen-bond donors (Lipinski definition) is 2. The minimum absolute atomic E-state index is 0.00761. The Bertz CT molecular complexity index is 1120. The Labute approximate surface area is 195 Å². The molecule has 1 aliphatic heterocycles. The molecule has 3 unspecified atom stereocenters. The number of piperidine rings is 1. The van der Waals surface area contributed by atoms with Crippen molar-refractivity contribution in [2.75, 3.05) is 25.5 Å². The summed E-state index contributed by atoms with van der Waals surface area (Å²) in [5.41, 5.74) is 1.33. The second-order valence-electron chi connectivity index (χ2n) is 9.47. The van der Waals surface area contributed by atoms with Crippen molar-refractivity contribution in [1.82, 2.24) is 4.90 Å². The summed E-state index contributed by atoms with van der Waals surface area (Å²) >= 11 is 0. The van der Waals surface area contributed by atoms with Crippen LogP contribution >= 0.6 is 0 Å². The van der Waals surface area contributed by atoms with Crippen molar-refractivity contribution >= 4 is 22.4 Å². The number of carbonyl (C=O) groups excluding carboxylic acids is 1. The first-order chi connectivity index (χ1) is 16.1.